The largest absolute Gasteiger partial charge is 0.494 e. The van der Waals surface area contributed by atoms with Gasteiger partial charge in [-0.1, -0.05) is 18.5 Å². The molecule has 6 rings (SSSR count). The Bertz CT molecular complexity index is 985. The molecule has 5 unspecified atom stereocenters. The molecule has 2 aliphatic heterocycles. The third-order valence-corrected chi connectivity index (χ3v) is 7.88. The maximum atomic E-state index is 13.7. The summed E-state index contributed by atoms with van der Waals surface area (Å²) in [5.41, 5.74) is 1.02. The summed E-state index contributed by atoms with van der Waals surface area (Å²) in [6, 6.07) is 0.321. The number of aromatic nitrogens is 2. The predicted octanol–water partition coefficient (Wildman–Crippen LogP) is 4.01. The standard InChI is InChI=1S/C22H28ClN3O3/c1-12(15-9-24-19-17(15)18(23)16(29-3)10-25-19)20(27)26-13-4-5-22(28)8-14(26)7-21(2,6-13)11-22/h9-10,12-14,28H,4-8,11H2,1-3H3,(H,24,25). The van der Waals surface area contributed by atoms with Gasteiger partial charge in [0.15, 0.2) is 5.75 Å². The fourth-order valence-electron chi connectivity index (χ4n) is 6.47. The van der Waals surface area contributed by atoms with Crippen molar-refractivity contribution in [2.75, 3.05) is 7.11 Å². The number of piperidine rings is 1. The number of carbonyl (C=O) groups is 1. The van der Waals surface area contributed by atoms with Crippen molar-refractivity contribution in [1.29, 1.82) is 0 Å². The average molecular weight is 418 g/mol. The molecule has 6 nitrogen and oxygen atoms in total. The summed E-state index contributed by atoms with van der Waals surface area (Å²) >= 11 is 6.56. The molecular formula is C22H28ClN3O3. The average Bonchev–Trinajstić information content (AvgIpc) is 3.02. The van der Waals surface area contributed by atoms with Crippen molar-refractivity contribution >= 4 is 28.5 Å². The minimum absolute atomic E-state index is 0.114. The quantitative estimate of drug-likeness (QED) is 0.790. The van der Waals surface area contributed by atoms with Gasteiger partial charge in [0.25, 0.3) is 0 Å². The maximum absolute atomic E-state index is 13.7. The first-order valence-electron chi connectivity index (χ1n) is 10.5. The number of nitrogens with one attached hydrogen (secondary N) is 1. The number of methoxy groups -OCH3 is 1. The summed E-state index contributed by atoms with van der Waals surface area (Å²) in [6.07, 6.45) is 8.63. The third kappa shape index (κ3) is 2.87. The molecule has 156 valence electrons. The van der Waals surface area contributed by atoms with Crippen molar-refractivity contribution in [1.82, 2.24) is 14.9 Å². The fourth-order valence-corrected chi connectivity index (χ4v) is 6.79. The van der Waals surface area contributed by atoms with E-state index in [9.17, 15) is 9.90 Å². The number of halogens is 1. The number of H-pyrrole nitrogens is 1. The smallest absolute Gasteiger partial charge is 0.230 e. The van der Waals surface area contributed by atoms with Gasteiger partial charge >= 0.3 is 0 Å². The molecule has 4 bridgehead atoms. The lowest BCUT2D eigenvalue weighted by molar-refractivity contribution is -0.150. The Morgan fingerprint density at radius 1 is 1.41 bits per heavy atom. The minimum atomic E-state index is -0.619. The Labute approximate surface area is 175 Å². The minimum Gasteiger partial charge on any atom is -0.494 e. The van der Waals surface area contributed by atoms with E-state index in [1.807, 2.05) is 13.1 Å². The molecule has 0 aromatic carbocycles. The van der Waals surface area contributed by atoms with Gasteiger partial charge in [0.2, 0.25) is 5.91 Å². The Morgan fingerprint density at radius 2 is 2.17 bits per heavy atom. The highest BCUT2D eigenvalue weighted by Gasteiger charge is 2.56. The zero-order valence-electron chi connectivity index (χ0n) is 17.2. The molecule has 0 radical (unpaired) electrons. The van der Waals surface area contributed by atoms with Gasteiger partial charge in [0.05, 0.1) is 29.8 Å². The summed E-state index contributed by atoms with van der Waals surface area (Å²) in [6.45, 7) is 4.23. The van der Waals surface area contributed by atoms with Crippen LogP contribution in [0, 0.1) is 5.41 Å². The number of hydrogen-bond donors (Lipinski definition) is 2. The highest BCUT2D eigenvalue weighted by molar-refractivity contribution is 6.37. The Hall–Kier alpha value is -1.79. The van der Waals surface area contributed by atoms with Crippen LogP contribution in [0.1, 0.15) is 63.9 Å². The summed E-state index contributed by atoms with van der Waals surface area (Å²) in [4.78, 5) is 23.4. The van der Waals surface area contributed by atoms with Gasteiger partial charge in [0, 0.05) is 23.7 Å². The van der Waals surface area contributed by atoms with Gasteiger partial charge in [0.1, 0.15) is 5.65 Å². The lowest BCUT2D eigenvalue weighted by atomic mass is 9.63. The van der Waals surface area contributed by atoms with Crippen LogP contribution in [0.25, 0.3) is 11.0 Å². The first-order valence-corrected chi connectivity index (χ1v) is 10.9. The van der Waals surface area contributed by atoms with E-state index >= 15 is 0 Å². The van der Waals surface area contributed by atoms with Gasteiger partial charge in [-0.15, -0.1) is 0 Å². The summed E-state index contributed by atoms with van der Waals surface area (Å²) in [5.74, 6) is 0.268. The highest BCUT2D eigenvalue weighted by atomic mass is 35.5. The molecule has 4 aliphatic rings. The number of aliphatic hydroxyl groups is 1. The molecule has 2 saturated heterocycles. The molecule has 0 spiro atoms. The number of ether oxygens (including phenoxy) is 1. The lowest BCUT2D eigenvalue weighted by Crippen LogP contribution is -2.59. The van der Waals surface area contributed by atoms with E-state index in [2.05, 4.69) is 21.8 Å². The van der Waals surface area contributed by atoms with E-state index in [-0.39, 0.29) is 29.3 Å². The van der Waals surface area contributed by atoms with Gasteiger partial charge in [-0.05, 0) is 56.4 Å². The Morgan fingerprint density at radius 3 is 2.93 bits per heavy atom. The molecule has 2 saturated carbocycles. The molecule has 29 heavy (non-hydrogen) atoms. The van der Waals surface area contributed by atoms with E-state index in [1.54, 1.807) is 13.3 Å². The van der Waals surface area contributed by atoms with Crippen LogP contribution in [0.2, 0.25) is 5.02 Å². The van der Waals surface area contributed by atoms with E-state index in [0.717, 1.165) is 43.1 Å². The van der Waals surface area contributed by atoms with Crippen LogP contribution in [0.4, 0.5) is 0 Å². The van der Waals surface area contributed by atoms with E-state index in [4.69, 9.17) is 16.3 Å². The zero-order valence-corrected chi connectivity index (χ0v) is 17.9. The number of nitrogens with zero attached hydrogens (tertiary/aromatic N) is 2. The molecule has 2 aromatic heterocycles. The number of amides is 1. The normalized spacial score (nSPS) is 34.4. The number of carbonyl (C=O) groups excluding carboxylic acids is 1. The van der Waals surface area contributed by atoms with Crippen molar-refractivity contribution < 1.29 is 14.6 Å². The van der Waals surface area contributed by atoms with Crippen molar-refractivity contribution in [2.45, 2.75) is 76.0 Å². The van der Waals surface area contributed by atoms with Crippen LogP contribution in [0.3, 0.4) is 0 Å². The zero-order chi connectivity index (χ0) is 20.6. The van der Waals surface area contributed by atoms with Crippen molar-refractivity contribution in [2.24, 2.45) is 5.41 Å². The van der Waals surface area contributed by atoms with Gasteiger partial charge in [-0.2, -0.15) is 0 Å². The molecule has 7 heteroatoms. The topological polar surface area (TPSA) is 78.5 Å². The lowest BCUT2D eigenvalue weighted by Gasteiger charge is -2.54. The van der Waals surface area contributed by atoms with Crippen molar-refractivity contribution in [3.8, 4) is 5.75 Å². The van der Waals surface area contributed by atoms with Crippen LogP contribution >= 0.6 is 11.6 Å². The summed E-state index contributed by atoms with van der Waals surface area (Å²) in [7, 11) is 1.56. The van der Waals surface area contributed by atoms with Gasteiger partial charge in [-0.3, -0.25) is 4.79 Å². The second-order valence-corrected chi connectivity index (χ2v) is 10.1. The molecule has 2 N–H and O–H groups in total. The fraction of sp³-hybridized carbons (Fsp3) is 0.636. The summed E-state index contributed by atoms with van der Waals surface area (Å²) < 4.78 is 5.32. The second-order valence-electron chi connectivity index (χ2n) is 9.75. The highest BCUT2D eigenvalue weighted by Crippen LogP contribution is 2.56. The van der Waals surface area contributed by atoms with E-state index in [1.165, 1.54) is 0 Å². The number of aromatic amines is 1. The van der Waals surface area contributed by atoms with Crippen LogP contribution in [0.5, 0.6) is 5.75 Å². The van der Waals surface area contributed by atoms with Crippen molar-refractivity contribution in [3.05, 3.63) is 23.0 Å². The van der Waals surface area contributed by atoms with E-state index < -0.39 is 5.60 Å². The first kappa shape index (κ1) is 19.2. The molecule has 1 amide bonds. The number of pyridine rings is 1. The number of hydrogen-bond acceptors (Lipinski definition) is 4. The van der Waals surface area contributed by atoms with Crippen molar-refractivity contribution in [3.63, 3.8) is 0 Å². The maximum Gasteiger partial charge on any atom is 0.230 e. The molecule has 2 aromatic rings. The summed E-state index contributed by atoms with van der Waals surface area (Å²) in [5, 5.41) is 12.3. The van der Waals surface area contributed by atoms with Gasteiger partial charge < -0.3 is 19.7 Å². The van der Waals surface area contributed by atoms with Crippen LogP contribution in [-0.2, 0) is 4.79 Å². The van der Waals surface area contributed by atoms with Crippen LogP contribution in [-0.4, -0.2) is 50.7 Å². The number of rotatable bonds is 3. The van der Waals surface area contributed by atoms with Crippen LogP contribution in [0.15, 0.2) is 12.4 Å². The molecule has 2 aliphatic carbocycles. The predicted molar refractivity (Wildman–Crippen MR) is 111 cm³/mol. The second kappa shape index (κ2) is 6.35. The van der Waals surface area contributed by atoms with Gasteiger partial charge in [-0.25, -0.2) is 4.98 Å². The Balaban J connectivity index is 1.51. The number of fused-ring (bicyclic) bond motifs is 2. The van der Waals surface area contributed by atoms with E-state index in [0.29, 0.717) is 22.8 Å². The molecular weight excluding hydrogens is 390 g/mol. The molecule has 5 atom stereocenters. The molecule has 4 fully saturated rings. The monoisotopic (exact) mass is 417 g/mol. The first-order chi connectivity index (χ1) is 13.7. The molecule has 4 heterocycles. The third-order valence-electron chi connectivity index (χ3n) is 7.51. The SMILES string of the molecule is COc1cnc2[nH]cc(C(C)C(=O)N3C4CCC5(O)CC3CC(C)(C4)C5)c2c1Cl. The van der Waals surface area contributed by atoms with Crippen LogP contribution < -0.4 is 4.74 Å². The Kier molecular flexibility index (Phi) is 4.20.